The lowest BCUT2D eigenvalue weighted by atomic mass is 10.2. The van der Waals surface area contributed by atoms with E-state index in [9.17, 15) is 0 Å². The first kappa shape index (κ1) is 12.5. The van der Waals surface area contributed by atoms with Gasteiger partial charge in [0.25, 0.3) is 0 Å². The fraction of sp³-hybridized carbons (Fsp3) is 0.200. The van der Waals surface area contributed by atoms with E-state index >= 15 is 0 Å². The van der Waals surface area contributed by atoms with Crippen LogP contribution in [0.5, 0.6) is 0 Å². The summed E-state index contributed by atoms with van der Waals surface area (Å²) in [4.78, 5) is 0. The van der Waals surface area contributed by atoms with Crippen molar-refractivity contribution >= 4 is 5.69 Å². The Morgan fingerprint density at radius 1 is 1.05 bits per heavy atom. The summed E-state index contributed by atoms with van der Waals surface area (Å²) in [6, 6.07) is 12.2. The fourth-order valence-electron chi connectivity index (χ4n) is 2.32. The average molecular weight is 267 g/mol. The number of hydrogen-bond donors (Lipinski definition) is 1. The minimum absolute atomic E-state index is 0.166. The molecule has 2 aromatic heterocycles. The maximum Gasteiger partial charge on any atom is 0.0877 e. The van der Waals surface area contributed by atoms with Gasteiger partial charge in [-0.05, 0) is 31.2 Å². The molecule has 0 bridgehead atoms. The van der Waals surface area contributed by atoms with Crippen LogP contribution in [0, 0.1) is 0 Å². The zero-order chi connectivity index (χ0) is 13.9. The molecule has 0 saturated heterocycles. The summed E-state index contributed by atoms with van der Waals surface area (Å²) < 4.78 is 3.74. The molecule has 1 unspecified atom stereocenters. The van der Waals surface area contributed by atoms with Gasteiger partial charge in [0.15, 0.2) is 0 Å². The second-order valence-electron chi connectivity index (χ2n) is 4.71. The number of aryl methyl sites for hydroxylation is 1. The van der Waals surface area contributed by atoms with Crippen molar-refractivity contribution in [1.82, 2.24) is 19.6 Å². The second-order valence-corrected chi connectivity index (χ2v) is 4.71. The highest BCUT2D eigenvalue weighted by Crippen LogP contribution is 2.24. The molecule has 20 heavy (non-hydrogen) atoms. The van der Waals surface area contributed by atoms with Crippen LogP contribution in [0.25, 0.3) is 5.69 Å². The van der Waals surface area contributed by atoms with Crippen LogP contribution in [-0.4, -0.2) is 19.6 Å². The van der Waals surface area contributed by atoms with Gasteiger partial charge in [-0.2, -0.15) is 10.2 Å². The van der Waals surface area contributed by atoms with E-state index in [1.54, 1.807) is 6.20 Å². The Bertz CT molecular complexity index is 684. The minimum Gasteiger partial charge on any atom is -0.375 e. The summed E-state index contributed by atoms with van der Waals surface area (Å²) in [6.07, 6.45) is 5.53. The van der Waals surface area contributed by atoms with Crippen molar-refractivity contribution in [1.29, 1.82) is 0 Å². The molecular weight excluding hydrogens is 250 g/mol. The highest BCUT2D eigenvalue weighted by Gasteiger charge is 2.11. The van der Waals surface area contributed by atoms with Gasteiger partial charge < -0.3 is 5.32 Å². The van der Waals surface area contributed by atoms with Crippen LogP contribution in [0.2, 0.25) is 0 Å². The number of nitrogens with one attached hydrogen (secondary N) is 1. The monoisotopic (exact) mass is 267 g/mol. The minimum atomic E-state index is 0.166. The molecule has 102 valence electrons. The van der Waals surface area contributed by atoms with Gasteiger partial charge in [-0.3, -0.25) is 4.68 Å². The number of anilines is 1. The molecule has 0 radical (unpaired) electrons. The van der Waals surface area contributed by atoms with E-state index in [-0.39, 0.29) is 6.04 Å². The van der Waals surface area contributed by atoms with Gasteiger partial charge in [0.2, 0.25) is 0 Å². The number of para-hydroxylation sites is 2. The zero-order valence-electron chi connectivity index (χ0n) is 11.6. The average Bonchev–Trinajstić information content (AvgIpc) is 3.10. The van der Waals surface area contributed by atoms with Crippen molar-refractivity contribution in [2.45, 2.75) is 13.0 Å². The first-order chi connectivity index (χ1) is 9.75. The van der Waals surface area contributed by atoms with Crippen molar-refractivity contribution in [2.24, 2.45) is 7.05 Å². The summed E-state index contributed by atoms with van der Waals surface area (Å²) >= 11 is 0. The van der Waals surface area contributed by atoms with Crippen molar-refractivity contribution in [3.05, 3.63) is 60.7 Å². The smallest absolute Gasteiger partial charge is 0.0877 e. The van der Waals surface area contributed by atoms with Crippen LogP contribution in [0.15, 0.2) is 55.0 Å². The molecule has 0 amide bonds. The first-order valence-electron chi connectivity index (χ1n) is 6.59. The highest BCUT2D eigenvalue weighted by atomic mass is 15.3. The van der Waals surface area contributed by atoms with Gasteiger partial charge in [-0.15, -0.1) is 0 Å². The third kappa shape index (κ3) is 2.30. The van der Waals surface area contributed by atoms with Crippen LogP contribution in [0.1, 0.15) is 18.7 Å². The normalized spacial score (nSPS) is 12.3. The predicted molar refractivity (Wildman–Crippen MR) is 78.8 cm³/mol. The van der Waals surface area contributed by atoms with Crippen molar-refractivity contribution in [3.8, 4) is 5.69 Å². The molecule has 3 aromatic rings. The van der Waals surface area contributed by atoms with E-state index in [4.69, 9.17) is 0 Å². The summed E-state index contributed by atoms with van der Waals surface area (Å²) in [5.74, 6) is 0. The van der Waals surface area contributed by atoms with Crippen molar-refractivity contribution < 1.29 is 0 Å². The lowest BCUT2D eigenvalue weighted by Gasteiger charge is -2.18. The van der Waals surface area contributed by atoms with Gasteiger partial charge in [0.1, 0.15) is 0 Å². The molecule has 0 aliphatic heterocycles. The predicted octanol–water partition coefficient (Wildman–Crippen LogP) is 2.78. The summed E-state index contributed by atoms with van der Waals surface area (Å²) in [7, 11) is 1.95. The maximum absolute atomic E-state index is 4.29. The molecule has 1 aromatic carbocycles. The summed E-state index contributed by atoms with van der Waals surface area (Å²) in [5.41, 5.74) is 3.22. The van der Waals surface area contributed by atoms with E-state index in [0.29, 0.717) is 0 Å². The second kappa shape index (κ2) is 5.21. The third-order valence-electron chi connectivity index (χ3n) is 3.33. The van der Waals surface area contributed by atoms with E-state index in [1.165, 1.54) is 0 Å². The molecule has 0 spiro atoms. The number of aromatic nitrogens is 4. The van der Waals surface area contributed by atoms with Crippen LogP contribution < -0.4 is 5.32 Å². The molecule has 5 heteroatoms. The highest BCUT2D eigenvalue weighted by molar-refractivity contribution is 5.61. The number of hydrogen-bond acceptors (Lipinski definition) is 3. The number of benzene rings is 1. The Morgan fingerprint density at radius 3 is 2.60 bits per heavy atom. The molecule has 0 aliphatic carbocycles. The first-order valence-corrected chi connectivity index (χ1v) is 6.59. The lowest BCUT2D eigenvalue weighted by molar-refractivity contribution is 0.675. The van der Waals surface area contributed by atoms with E-state index in [0.717, 1.165) is 17.1 Å². The Balaban J connectivity index is 1.90. The summed E-state index contributed by atoms with van der Waals surface area (Å²) in [6.45, 7) is 2.12. The maximum atomic E-state index is 4.29. The Kier molecular flexibility index (Phi) is 3.25. The Labute approximate surface area is 117 Å². The van der Waals surface area contributed by atoms with Crippen molar-refractivity contribution in [2.75, 3.05) is 5.32 Å². The zero-order valence-corrected chi connectivity index (χ0v) is 11.6. The van der Waals surface area contributed by atoms with Crippen LogP contribution in [0.4, 0.5) is 5.69 Å². The Hall–Kier alpha value is -2.56. The molecular formula is C15H17N5. The van der Waals surface area contributed by atoms with Crippen molar-refractivity contribution in [3.63, 3.8) is 0 Å². The van der Waals surface area contributed by atoms with Gasteiger partial charge in [-0.1, -0.05) is 12.1 Å². The largest absolute Gasteiger partial charge is 0.375 e. The third-order valence-corrected chi connectivity index (χ3v) is 3.33. The molecule has 0 saturated carbocycles. The van der Waals surface area contributed by atoms with E-state index < -0.39 is 0 Å². The fourth-order valence-corrected chi connectivity index (χ4v) is 2.32. The van der Waals surface area contributed by atoms with Gasteiger partial charge >= 0.3 is 0 Å². The molecule has 3 rings (SSSR count). The Morgan fingerprint density at radius 2 is 1.90 bits per heavy atom. The SMILES string of the molecule is CC(Nc1ccccc1-n1cccn1)c1ccnn1C. The van der Waals surface area contributed by atoms with Crippen LogP contribution >= 0.6 is 0 Å². The molecule has 2 heterocycles. The number of nitrogens with zero attached hydrogens (tertiary/aromatic N) is 4. The quantitative estimate of drug-likeness (QED) is 0.790. The van der Waals surface area contributed by atoms with Crippen LogP contribution in [-0.2, 0) is 7.05 Å². The molecule has 0 fully saturated rings. The summed E-state index contributed by atoms with van der Waals surface area (Å²) in [5, 5.41) is 12.0. The molecule has 5 nitrogen and oxygen atoms in total. The van der Waals surface area contributed by atoms with Gasteiger partial charge in [0.05, 0.1) is 23.1 Å². The number of rotatable bonds is 4. The molecule has 1 N–H and O–H groups in total. The standard InChI is InChI=1S/C15H17N5/c1-12(14-8-10-16-19(14)2)18-13-6-3-4-7-15(13)20-11-5-9-17-20/h3-12,18H,1-2H3. The van der Waals surface area contributed by atoms with E-state index in [2.05, 4.69) is 28.5 Å². The van der Waals surface area contributed by atoms with Gasteiger partial charge in [0, 0.05) is 25.6 Å². The topological polar surface area (TPSA) is 47.7 Å². The molecule has 0 aliphatic rings. The van der Waals surface area contributed by atoms with E-state index in [1.807, 2.05) is 59.1 Å². The van der Waals surface area contributed by atoms with Crippen LogP contribution in [0.3, 0.4) is 0 Å². The molecule has 1 atom stereocenters. The van der Waals surface area contributed by atoms with Gasteiger partial charge in [-0.25, -0.2) is 4.68 Å². The lowest BCUT2D eigenvalue weighted by Crippen LogP contribution is -2.13.